The first-order valence-electron chi connectivity index (χ1n) is 5.04. The van der Waals surface area contributed by atoms with E-state index in [0.717, 1.165) is 0 Å². The van der Waals surface area contributed by atoms with Crippen LogP contribution in [0.3, 0.4) is 0 Å². The maximum absolute atomic E-state index is 5.98. The van der Waals surface area contributed by atoms with Crippen molar-refractivity contribution in [3.8, 4) is 0 Å². The fraction of sp³-hybridized carbons (Fsp3) is 0.100. The number of azo groups is 1. The fourth-order valence-corrected chi connectivity index (χ4v) is 2.27. The summed E-state index contributed by atoms with van der Waals surface area (Å²) in [7, 11) is 1.65. The average Bonchev–Trinajstić information content (AvgIpc) is 2.53. The van der Waals surface area contributed by atoms with Gasteiger partial charge >= 0.3 is 0 Å². The van der Waals surface area contributed by atoms with Crippen LogP contribution in [0.15, 0.2) is 22.4 Å². The highest BCUT2D eigenvalue weighted by Gasteiger charge is 2.12. The van der Waals surface area contributed by atoms with Gasteiger partial charge in [-0.05, 0) is 12.1 Å². The summed E-state index contributed by atoms with van der Waals surface area (Å²) in [5.41, 5.74) is 12.0. The van der Waals surface area contributed by atoms with Crippen molar-refractivity contribution >= 4 is 57.8 Å². The van der Waals surface area contributed by atoms with Crippen LogP contribution in [0.4, 0.5) is 23.0 Å². The lowest BCUT2D eigenvalue weighted by Crippen LogP contribution is -1.97. The molecule has 100 valence electrons. The summed E-state index contributed by atoms with van der Waals surface area (Å²) in [5, 5.41) is 12.7. The van der Waals surface area contributed by atoms with Crippen LogP contribution in [0.5, 0.6) is 0 Å². The second kappa shape index (κ2) is 5.24. The van der Waals surface area contributed by atoms with Gasteiger partial charge in [0.2, 0.25) is 0 Å². The molecule has 4 N–H and O–H groups in total. The van der Waals surface area contributed by atoms with Crippen molar-refractivity contribution in [3.63, 3.8) is 0 Å². The Morgan fingerprint density at radius 1 is 1.05 bits per heavy atom. The minimum Gasteiger partial charge on any atom is -0.382 e. The molecule has 1 aromatic heterocycles. The highest BCUT2D eigenvalue weighted by atomic mass is 35.5. The van der Waals surface area contributed by atoms with Crippen molar-refractivity contribution in [2.24, 2.45) is 17.3 Å². The Hall–Kier alpha value is -1.50. The highest BCUT2D eigenvalue weighted by Crippen LogP contribution is 2.38. The third-order valence-corrected chi connectivity index (χ3v) is 3.12. The van der Waals surface area contributed by atoms with Gasteiger partial charge in [0.25, 0.3) is 0 Å². The molecule has 9 heteroatoms. The van der Waals surface area contributed by atoms with Crippen LogP contribution in [0.2, 0.25) is 15.1 Å². The predicted molar refractivity (Wildman–Crippen MR) is 77.7 cm³/mol. The SMILES string of the molecule is Cn1nc(N)c(N=Nc2c(Cl)cc(Cl)cc2Cl)c1N. The minimum atomic E-state index is 0.171. The molecule has 0 aliphatic rings. The Kier molecular flexibility index (Phi) is 3.84. The van der Waals surface area contributed by atoms with E-state index in [4.69, 9.17) is 46.3 Å². The van der Waals surface area contributed by atoms with Gasteiger partial charge in [-0.2, -0.15) is 5.10 Å². The molecule has 2 aromatic rings. The molecule has 6 nitrogen and oxygen atoms in total. The maximum Gasteiger partial charge on any atom is 0.175 e. The number of anilines is 2. The van der Waals surface area contributed by atoms with E-state index in [1.165, 1.54) is 16.8 Å². The molecule has 0 aliphatic heterocycles. The number of halogens is 3. The van der Waals surface area contributed by atoms with E-state index in [0.29, 0.717) is 10.8 Å². The summed E-state index contributed by atoms with van der Waals surface area (Å²) >= 11 is 17.8. The van der Waals surface area contributed by atoms with Gasteiger partial charge in [-0.3, -0.25) is 0 Å². The Morgan fingerprint density at radius 2 is 1.58 bits per heavy atom. The van der Waals surface area contributed by atoms with E-state index >= 15 is 0 Å². The van der Waals surface area contributed by atoms with Crippen LogP contribution < -0.4 is 11.5 Å². The summed E-state index contributed by atoms with van der Waals surface area (Å²) in [4.78, 5) is 0. The lowest BCUT2D eigenvalue weighted by atomic mass is 10.3. The van der Waals surface area contributed by atoms with Crippen molar-refractivity contribution in [2.75, 3.05) is 11.5 Å². The average molecular weight is 320 g/mol. The Balaban J connectivity index is 2.44. The Bertz CT molecular complexity index is 641. The van der Waals surface area contributed by atoms with Gasteiger partial charge < -0.3 is 11.5 Å². The number of rotatable bonds is 2. The third kappa shape index (κ3) is 2.75. The van der Waals surface area contributed by atoms with Crippen LogP contribution >= 0.6 is 34.8 Å². The molecule has 0 saturated carbocycles. The van der Waals surface area contributed by atoms with Crippen molar-refractivity contribution in [3.05, 3.63) is 27.2 Å². The molecule has 2 rings (SSSR count). The molecule has 0 radical (unpaired) electrons. The molecule has 1 heterocycles. The molecule has 0 amide bonds. The molecule has 0 bridgehead atoms. The second-order valence-electron chi connectivity index (χ2n) is 3.66. The predicted octanol–water partition coefficient (Wildman–Crippen LogP) is 3.96. The van der Waals surface area contributed by atoms with Crippen LogP contribution in [-0.2, 0) is 7.05 Å². The van der Waals surface area contributed by atoms with E-state index in [1.54, 1.807) is 7.05 Å². The number of benzene rings is 1. The van der Waals surface area contributed by atoms with Gasteiger partial charge in [0.1, 0.15) is 5.69 Å². The summed E-state index contributed by atoms with van der Waals surface area (Å²) < 4.78 is 1.40. The Labute approximate surface area is 123 Å². The first-order chi connectivity index (χ1) is 8.90. The van der Waals surface area contributed by atoms with Gasteiger partial charge in [0.05, 0.1) is 10.0 Å². The number of nitrogen functional groups attached to an aromatic ring is 2. The molecular weight excluding hydrogens is 311 g/mol. The molecular formula is C10H9Cl3N6. The maximum atomic E-state index is 5.98. The number of hydrogen-bond donors (Lipinski definition) is 2. The van der Waals surface area contributed by atoms with Crippen LogP contribution in [0.1, 0.15) is 0 Å². The largest absolute Gasteiger partial charge is 0.382 e. The molecule has 0 saturated heterocycles. The fourth-order valence-electron chi connectivity index (χ4n) is 1.38. The number of aromatic nitrogens is 2. The topological polar surface area (TPSA) is 94.6 Å². The molecule has 0 unspecified atom stereocenters. The van der Waals surface area contributed by atoms with Gasteiger partial charge in [-0.25, -0.2) is 4.68 Å². The second-order valence-corrected chi connectivity index (χ2v) is 4.91. The van der Waals surface area contributed by atoms with Crippen molar-refractivity contribution < 1.29 is 0 Å². The van der Waals surface area contributed by atoms with E-state index in [2.05, 4.69) is 15.3 Å². The van der Waals surface area contributed by atoms with Gasteiger partial charge in [0, 0.05) is 12.1 Å². The van der Waals surface area contributed by atoms with E-state index in [9.17, 15) is 0 Å². The molecule has 1 aromatic carbocycles. The van der Waals surface area contributed by atoms with Gasteiger partial charge in [0.15, 0.2) is 17.3 Å². The van der Waals surface area contributed by atoms with Gasteiger partial charge in [-0.15, -0.1) is 10.2 Å². The number of aryl methyl sites for hydroxylation is 1. The summed E-state index contributed by atoms with van der Waals surface area (Å²) in [5.74, 6) is 0.465. The lowest BCUT2D eigenvalue weighted by molar-refractivity contribution is 0.783. The molecule has 0 fully saturated rings. The zero-order chi connectivity index (χ0) is 14.2. The minimum absolute atomic E-state index is 0.171. The quantitative estimate of drug-likeness (QED) is 0.820. The zero-order valence-corrected chi connectivity index (χ0v) is 12.0. The summed E-state index contributed by atoms with van der Waals surface area (Å²) in [6.45, 7) is 0. The van der Waals surface area contributed by atoms with Crippen molar-refractivity contribution in [1.82, 2.24) is 9.78 Å². The zero-order valence-electron chi connectivity index (χ0n) is 9.73. The van der Waals surface area contributed by atoms with Crippen LogP contribution in [0.25, 0.3) is 0 Å². The molecule has 0 aliphatic carbocycles. The van der Waals surface area contributed by atoms with Crippen LogP contribution in [0, 0.1) is 0 Å². The van der Waals surface area contributed by atoms with Crippen molar-refractivity contribution in [2.45, 2.75) is 0 Å². The summed E-state index contributed by atoms with van der Waals surface area (Å²) in [6.07, 6.45) is 0. The normalized spacial score (nSPS) is 11.4. The third-order valence-electron chi connectivity index (χ3n) is 2.32. The van der Waals surface area contributed by atoms with Crippen LogP contribution in [-0.4, -0.2) is 9.78 Å². The monoisotopic (exact) mass is 318 g/mol. The van der Waals surface area contributed by atoms with E-state index in [-0.39, 0.29) is 27.2 Å². The lowest BCUT2D eigenvalue weighted by Gasteiger charge is -2.01. The molecule has 19 heavy (non-hydrogen) atoms. The molecule has 0 spiro atoms. The number of hydrogen-bond acceptors (Lipinski definition) is 5. The first-order valence-corrected chi connectivity index (χ1v) is 6.17. The molecule has 0 atom stereocenters. The van der Waals surface area contributed by atoms with E-state index < -0.39 is 0 Å². The summed E-state index contributed by atoms with van der Waals surface area (Å²) in [6, 6.07) is 3.03. The van der Waals surface area contributed by atoms with E-state index in [1.807, 2.05) is 0 Å². The first kappa shape index (κ1) is 13.9. The van der Waals surface area contributed by atoms with Crippen molar-refractivity contribution in [1.29, 1.82) is 0 Å². The smallest absolute Gasteiger partial charge is 0.175 e. The highest BCUT2D eigenvalue weighted by molar-refractivity contribution is 6.41. The van der Waals surface area contributed by atoms with Gasteiger partial charge in [-0.1, -0.05) is 34.8 Å². The Morgan fingerprint density at radius 3 is 2.05 bits per heavy atom. The standard InChI is InChI=1S/C10H9Cl3N6/c1-19-10(15)8(9(14)18-19)17-16-7-5(12)2-4(11)3-6(7)13/h2-3H,15H2,1H3,(H2,14,18). The number of nitrogens with zero attached hydrogens (tertiary/aromatic N) is 4. The number of nitrogens with two attached hydrogens (primary N) is 2.